The van der Waals surface area contributed by atoms with E-state index in [2.05, 4.69) is 32.9 Å². The fraction of sp³-hybridized carbons (Fsp3) is 0.240. The predicted molar refractivity (Wildman–Crippen MR) is 126 cm³/mol. The molecule has 0 aliphatic carbocycles. The molecule has 1 unspecified atom stereocenters. The van der Waals surface area contributed by atoms with E-state index in [4.69, 9.17) is 4.74 Å². The molecular weight excluding hydrogens is 370 g/mol. The Morgan fingerprint density at radius 2 is 1.34 bits per heavy atom. The van der Waals surface area contributed by atoms with Crippen LogP contribution in [0.1, 0.15) is 47.8 Å². The van der Waals surface area contributed by atoms with Crippen LogP contribution in [0.5, 0.6) is 11.5 Å². The van der Waals surface area contributed by atoms with E-state index in [-0.39, 0.29) is 38.4 Å². The fourth-order valence-electron chi connectivity index (χ4n) is 3.18. The molecule has 0 amide bonds. The van der Waals surface area contributed by atoms with Crippen molar-refractivity contribution in [1.29, 1.82) is 0 Å². The van der Waals surface area contributed by atoms with E-state index >= 15 is 0 Å². The van der Waals surface area contributed by atoms with Gasteiger partial charge in [0.1, 0.15) is 11.5 Å². The van der Waals surface area contributed by atoms with Gasteiger partial charge in [0.15, 0.2) is 5.52 Å². The van der Waals surface area contributed by atoms with Crippen molar-refractivity contribution < 1.29 is 9.53 Å². The first-order valence-electron chi connectivity index (χ1n) is 9.50. The quantitative estimate of drug-likeness (QED) is 0.381. The molecule has 0 aliphatic heterocycles. The van der Waals surface area contributed by atoms with Crippen molar-refractivity contribution in [2.75, 3.05) is 0 Å². The number of carbonyl (C=O) groups excluding carboxylic acids is 1. The Kier molecular flexibility index (Phi) is 7.90. The van der Waals surface area contributed by atoms with Gasteiger partial charge < -0.3 is 4.74 Å². The van der Waals surface area contributed by atoms with Crippen LogP contribution in [-0.4, -0.2) is 24.4 Å². The van der Waals surface area contributed by atoms with Gasteiger partial charge in [0.2, 0.25) is 0 Å². The molecule has 4 heteroatoms. The normalized spacial score (nSPS) is 11.3. The zero-order valence-electron chi connectivity index (χ0n) is 18.2. The Morgan fingerprint density at radius 1 is 0.828 bits per heavy atom. The number of benzene rings is 3. The minimum atomic E-state index is 0. The number of carbonyl (C=O) groups is 1. The van der Waals surface area contributed by atoms with Crippen LogP contribution in [0, 0.1) is 13.8 Å². The monoisotopic (exact) mass is 397 g/mol. The van der Waals surface area contributed by atoms with Crippen LogP contribution in [-0.2, 0) is 5.41 Å². The Morgan fingerprint density at radius 3 is 1.86 bits per heavy atom. The molecule has 0 N–H and O–H groups in total. The second-order valence-corrected chi connectivity index (χ2v) is 9.41. The molecular formula is C25H27LiO2P. The molecule has 2 nitrogen and oxygen atoms in total. The Bertz CT molecular complexity index is 951. The molecule has 3 rings (SSSR count). The zero-order valence-corrected chi connectivity index (χ0v) is 19.2. The second kappa shape index (κ2) is 9.77. The first-order valence-corrected chi connectivity index (χ1v) is 10.5. The second-order valence-electron chi connectivity index (χ2n) is 8.13. The van der Waals surface area contributed by atoms with Gasteiger partial charge in [-0.2, -0.15) is 0 Å². The topological polar surface area (TPSA) is 26.3 Å². The maximum absolute atomic E-state index is 13.0. The third kappa shape index (κ3) is 6.07. The van der Waals surface area contributed by atoms with E-state index in [1.807, 2.05) is 68.4 Å². The van der Waals surface area contributed by atoms with Crippen molar-refractivity contribution in [3.8, 4) is 11.5 Å². The van der Waals surface area contributed by atoms with Crippen LogP contribution in [0.25, 0.3) is 0 Å². The van der Waals surface area contributed by atoms with E-state index in [0.29, 0.717) is 0 Å². The summed E-state index contributed by atoms with van der Waals surface area (Å²) in [6.45, 7) is 10.7. The van der Waals surface area contributed by atoms with Gasteiger partial charge in [-0.15, -0.1) is 0 Å². The summed E-state index contributed by atoms with van der Waals surface area (Å²) in [5, 5.41) is 1.02. The number of rotatable bonds is 5. The van der Waals surface area contributed by atoms with E-state index in [9.17, 15) is 4.79 Å². The van der Waals surface area contributed by atoms with Gasteiger partial charge in [0, 0.05) is 24.4 Å². The van der Waals surface area contributed by atoms with Crippen molar-refractivity contribution in [2.24, 2.45) is 0 Å². The maximum atomic E-state index is 13.0. The van der Waals surface area contributed by atoms with Crippen molar-refractivity contribution in [2.45, 2.75) is 40.0 Å². The van der Waals surface area contributed by atoms with Crippen LogP contribution in [0.4, 0.5) is 0 Å². The van der Waals surface area contributed by atoms with Gasteiger partial charge in [0.05, 0.1) is 0 Å². The van der Waals surface area contributed by atoms with E-state index in [1.54, 1.807) is 0 Å². The molecule has 0 saturated carbocycles. The van der Waals surface area contributed by atoms with E-state index in [0.717, 1.165) is 33.5 Å². The summed E-state index contributed by atoms with van der Waals surface area (Å²) in [5.74, 6) is 1.58. The first kappa shape index (κ1) is 23.4. The van der Waals surface area contributed by atoms with Gasteiger partial charge in [0.25, 0.3) is 0 Å². The minimum Gasteiger partial charge on any atom is -0.457 e. The molecule has 1 radical (unpaired) electrons. The molecule has 0 aliphatic rings. The Balaban J connectivity index is 0.00000300. The third-order valence-corrected chi connectivity index (χ3v) is 5.82. The standard InChI is InChI=1S/C25H27O2P.Li/c1-17-15-19(25(3,4)5)16-18(2)23(17)24(26)28-22-13-11-21(12-14-22)27-20-9-7-6-8-10-20;/h6-16,28H,1-5H3;. The Labute approximate surface area is 188 Å². The van der Waals surface area contributed by atoms with Gasteiger partial charge >= 0.3 is 0 Å². The molecule has 1 atom stereocenters. The van der Waals surface area contributed by atoms with Gasteiger partial charge in [-0.25, -0.2) is 0 Å². The van der Waals surface area contributed by atoms with Crippen LogP contribution in [0.2, 0.25) is 0 Å². The van der Waals surface area contributed by atoms with Crippen molar-refractivity contribution >= 4 is 38.3 Å². The summed E-state index contributed by atoms with van der Waals surface area (Å²) in [6, 6.07) is 21.8. The number of hydrogen-bond acceptors (Lipinski definition) is 2. The van der Waals surface area contributed by atoms with Crippen molar-refractivity contribution in [3.63, 3.8) is 0 Å². The van der Waals surface area contributed by atoms with Crippen molar-refractivity contribution in [1.82, 2.24) is 0 Å². The molecule has 0 aromatic heterocycles. The average molecular weight is 397 g/mol. The molecule has 3 aromatic rings. The van der Waals surface area contributed by atoms with Crippen LogP contribution >= 0.6 is 8.58 Å². The van der Waals surface area contributed by atoms with Crippen molar-refractivity contribution in [3.05, 3.63) is 89.0 Å². The maximum Gasteiger partial charge on any atom is 0.186 e. The first-order chi connectivity index (χ1) is 13.2. The number of aryl methyl sites for hydroxylation is 2. The molecule has 145 valence electrons. The van der Waals surface area contributed by atoms with E-state index < -0.39 is 0 Å². The van der Waals surface area contributed by atoms with E-state index in [1.165, 1.54) is 5.56 Å². The fourth-order valence-corrected chi connectivity index (χ4v) is 4.29. The summed E-state index contributed by atoms with van der Waals surface area (Å²) < 4.78 is 5.82. The minimum absolute atomic E-state index is 0. The number of para-hydroxylation sites is 1. The molecule has 0 spiro atoms. The summed E-state index contributed by atoms with van der Waals surface area (Å²) in [5.41, 5.74) is 4.51. The summed E-state index contributed by atoms with van der Waals surface area (Å²) in [7, 11) is 0.102. The van der Waals surface area contributed by atoms with Gasteiger partial charge in [-0.05, 0) is 74.1 Å². The number of hydrogen-bond donors (Lipinski definition) is 0. The smallest absolute Gasteiger partial charge is 0.186 e. The van der Waals surface area contributed by atoms with Crippen LogP contribution < -0.4 is 10.0 Å². The summed E-state index contributed by atoms with van der Waals surface area (Å²) in [4.78, 5) is 13.0. The largest absolute Gasteiger partial charge is 0.457 e. The summed E-state index contributed by atoms with van der Waals surface area (Å²) >= 11 is 0. The van der Waals surface area contributed by atoms with Crippen LogP contribution in [0.3, 0.4) is 0 Å². The zero-order chi connectivity index (χ0) is 20.3. The van der Waals surface area contributed by atoms with Gasteiger partial charge in [-0.3, -0.25) is 4.79 Å². The van der Waals surface area contributed by atoms with Gasteiger partial charge in [-0.1, -0.05) is 63.2 Å². The molecule has 0 bridgehead atoms. The molecule has 3 aromatic carbocycles. The molecule has 29 heavy (non-hydrogen) atoms. The predicted octanol–water partition coefficient (Wildman–Crippen LogP) is 6.16. The Hall–Kier alpha value is -1.84. The third-order valence-electron chi connectivity index (χ3n) is 4.72. The number of ether oxygens (including phenoxy) is 1. The molecule has 0 saturated heterocycles. The SMILES string of the molecule is Cc1cc(C(C)(C)C)cc(C)c1C(=O)Pc1ccc(Oc2ccccc2)cc1.[Li]. The average Bonchev–Trinajstić information content (AvgIpc) is 2.63. The summed E-state index contributed by atoms with van der Waals surface area (Å²) in [6.07, 6.45) is 0. The van der Waals surface area contributed by atoms with Crippen LogP contribution in [0.15, 0.2) is 66.7 Å². The molecule has 0 heterocycles. The molecule has 0 fully saturated rings.